The zero-order valence-corrected chi connectivity index (χ0v) is 14.1. The summed E-state index contributed by atoms with van der Waals surface area (Å²) in [5.41, 5.74) is 9.72. The Labute approximate surface area is 127 Å². The average molecular weight is 304 g/mol. The van der Waals surface area contributed by atoms with E-state index < -0.39 is 27.9 Å². The molecule has 0 bridgehead atoms. The van der Waals surface area contributed by atoms with E-state index in [0.29, 0.717) is 0 Å². The van der Waals surface area contributed by atoms with Crippen LogP contribution in [-0.4, -0.2) is 54.1 Å². The Hall–Kier alpha value is -1.18. The van der Waals surface area contributed by atoms with Crippen LogP contribution in [0.25, 0.3) is 0 Å². The average Bonchev–Trinajstić information content (AvgIpc) is 2.23. The van der Waals surface area contributed by atoms with Crippen LogP contribution < -0.4 is 11.5 Å². The molecule has 0 aromatic rings. The second-order valence-corrected chi connectivity index (χ2v) is 6.95. The van der Waals surface area contributed by atoms with Crippen LogP contribution in [-0.2, 0) is 9.47 Å². The Kier molecular flexibility index (Phi) is 6.79. The molecule has 0 aromatic heterocycles. The number of nitrogens with zero attached hydrogens (tertiary/aromatic N) is 1. The Bertz CT molecular complexity index is 333. The van der Waals surface area contributed by atoms with Crippen LogP contribution >= 0.6 is 0 Å². The first-order valence-corrected chi connectivity index (χ1v) is 7.12. The highest BCUT2D eigenvalue weighted by Gasteiger charge is 2.50. The predicted octanol–water partition coefficient (Wildman–Crippen LogP) is 1.59. The van der Waals surface area contributed by atoms with Crippen molar-refractivity contribution in [3.8, 4) is 0 Å². The molecular weight excluding hydrogens is 274 g/mol. The van der Waals surface area contributed by atoms with Gasteiger partial charge in [0.15, 0.2) is 0 Å². The fourth-order valence-electron chi connectivity index (χ4n) is 1.69. The third kappa shape index (κ3) is 6.41. The van der Waals surface area contributed by atoms with E-state index in [0.717, 1.165) is 0 Å². The molecule has 2 amide bonds. The summed E-state index contributed by atoms with van der Waals surface area (Å²) in [6, 6.07) is 0. The van der Waals surface area contributed by atoms with Gasteiger partial charge in [0.25, 0.3) is 0 Å². The summed E-state index contributed by atoms with van der Waals surface area (Å²) in [5.74, 6) is 0. The van der Waals surface area contributed by atoms with Crippen molar-refractivity contribution in [1.29, 1.82) is 0 Å². The molecule has 0 aromatic carbocycles. The van der Waals surface area contributed by atoms with Crippen LogP contribution in [0, 0.1) is 0 Å². The number of ether oxygens (including phenoxy) is 2. The third-order valence-electron chi connectivity index (χ3n) is 2.51. The van der Waals surface area contributed by atoms with Crippen molar-refractivity contribution in [1.82, 2.24) is 0 Å². The van der Waals surface area contributed by atoms with Crippen LogP contribution in [0.3, 0.4) is 0 Å². The maximum atomic E-state index is 12.5. The van der Waals surface area contributed by atoms with Crippen LogP contribution in [0.1, 0.15) is 41.5 Å². The second-order valence-electron chi connectivity index (χ2n) is 6.95. The molecule has 0 saturated heterocycles. The van der Waals surface area contributed by atoms with Gasteiger partial charge in [-0.15, -0.1) is 4.48 Å². The lowest BCUT2D eigenvalue weighted by atomic mass is 10.2. The van der Waals surface area contributed by atoms with Crippen molar-refractivity contribution >= 4 is 12.2 Å². The zero-order chi connectivity index (χ0) is 16.9. The van der Waals surface area contributed by atoms with E-state index >= 15 is 0 Å². The van der Waals surface area contributed by atoms with Crippen LogP contribution in [0.2, 0.25) is 0 Å². The first-order chi connectivity index (χ1) is 9.38. The number of rotatable bonds is 4. The Morgan fingerprint density at radius 3 is 1.29 bits per heavy atom. The van der Waals surface area contributed by atoms with Gasteiger partial charge in [0.2, 0.25) is 0 Å². The SMILES string of the molecule is CC(C)(C)OC(=O)[N+](CCN)(CCN)C(=O)OC(C)(C)C. The molecule has 0 saturated carbocycles. The first kappa shape index (κ1) is 19.8. The maximum absolute atomic E-state index is 12.5. The molecule has 0 fully saturated rings. The first-order valence-electron chi connectivity index (χ1n) is 7.12. The van der Waals surface area contributed by atoms with E-state index in [1.54, 1.807) is 41.5 Å². The van der Waals surface area contributed by atoms with E-state index in [4.69, 9.17) is 20.9 Å². The van der Waals surface area contributed by atoms with Crippen LogP contribution in [0.5, 0.6) is 0 Å². The molecule has 4 N–H and O–H groups in total. The number of hydrogen-bond acceptors (Lipinski definition) is 6. The standard InChI is InChI=1S/C14H30N3O4/c1-13(2,3)20-11(18)17(9-7-15,10-8-16)12(19)21-14(4,5)6/h7-10,15-16H2,1-6H3/q+1. The van der Waals surface area contributed by atoms with E-state index in [-0.39, 0.29) is 26.2 Å². The number of quaternary nitrogens is 1. The number of carbonyl (C=O) groups excluding carboxylic acids is 2. The van der Waals surface area contributed by atoms with Crippen molar-refractivity contribution < 1.29 is 23.5 Å². The summed E-state index contributed by atoms with van der Waals surface area (Å²) >= 11 is 0. The minimum atomic E-state index is -0.716. The normalized spacial score (nSPS) is 13.0. The van der Waals surface area contributed by atoms with Crippen molar-refractivity contribution in [2.45, 2.75) is 52.7 Å². The molecule has 0 atom stereocenters. The van der Waals surface area contributed by atoms with Gasteiger partial charge in [0, 0.05) is 13.1 Å². The highest BCUT2D eigenvalue weighted by atomic mass is 16.6. The monoisotopic (exact) mass is 304 g/mol. The van der Waals surface area contributed by atoms with Crippen molar-refractivity contribution in [2.75, 3.05) is 26.2 Å². The Balaban J connectivity index is 5.52. The molecule has 0 radical (unpaired) electrons. The highest BCUT2D eigenvalue weighted by molar-refractivity contribution is 5.76. The van der Waals surface area contributed by atoms with E-state index in [1.165, 1.54) is 0 Å². The smallest absolute Gasteiger partial charge is 0.414 e. The van der Waals surface area contributed by atoms with Gasteiger partial charge in [-0.1, -0.05) is 0 Å². The molecule has 0 aliphatic heterocycles. The Morgan fingerprint density at radius 2 is 1.10 bits per heavy atom. The van der Waals surface area contributed by atoms with E-state index in [2.05, 4.69) is 0 Å². The maximum Gasteiger partial charge on any atom is 0.527 e. The molecule has 21 heavy (non-hydrogen) atoms. The number of carbonyl (C=O) groups is 2. The van der Waals surface area contributed by atoms with Crippen molar-refractivity contribution in [3.05, 3.63) is 0 Å². The Morgan fingerprint density at radius 1 is 0.810 bits per heavy atom. The molecule has 0 spiro atoms. The van der Waals surface area contributed by atoms with Gasteiger partial charge >= 0.3 is 12.2 Å². The molecule has 0 rings (SSSR count). The van der Waals surface area contributed by atoms with Crippen LogP contribution in [0.4, 0.5) is 9.59 Å². The summed E-state index contributed by atoms with van der Waals surface area (Å²) in [4.78, 5) is 25.1. The number of nitrogens with two attached hydrogens (primary N) is 2. The molecule has 0 aliphatic rings. The topological polar surface area (TPSA) is 105 Å². The highest BCUT2D eigenvalue weighted by Crippen LogP contribution is 2.21. The molecular formula is C14H30N3O4+. The fourth-order valence-corrected chi connectivity index (χ4v) is 1.69. The minimum Gasteiger partial charge on any atom is -0.414 e. The van der Waals surface area contributed by atoms with E-state index in [1.807, 2.05) is 0 Å². The molecule has 0 unspecified atom stereocenters. The van der Waals surface area contributed by atoms with Gasteiger partial charge in [0.1, 0.15) is 24.3 Å². The summed E-state index contributed by atoms with van der Waals surface area (Å²) in [5, 5.41) is 0. The molecule has 7 heteroatoms. The second kappa shape index (κ2) is 7.20. The van der Waals surface area contributed by atoms with Gasteiger partial charge in [0.05, 0.1) is 0 Å². The summed E-state index contributed by atoms with van der Waals surface area (Å²) in [7, 11) is 0. The number of imide groups is 1. The number of amides is 2. The third-order valence-corrected chi connectivity index (χ3v) is 2.51. The lowest BCUT2D eigenvalue weighted by molar-refractivity contribution is -0.784. The summed E-state index contributed by atoms with van der Waals surface area (Å²) < 4.78 is 10.1. The molecule has 0 aliphatic carbocycles. The largest absolute Gasteiger partial charge is 0.527 e. The summed E-state index contributed by atoms with van der Waals surface area (Å²) in [6.07, 6.45) is -1.37. The van der Waals surface area contributed by atoms with Gasteiger partial charge in [-0.3, -0.25) is 0 Å². The fraction of sp³-hybridized carbons (Fsp3) is 0.857. The van der Waals surface area contributed by atoms with Crippen molar-refractivity contribution in [3.63, 3.8) is 0 Å². The van der Waals surface area contributed by atoms with Crippen molar-refractivity contribution in [2.24, 2.45) is 11.5 Å². The zero-order valence-electron chi connectivity index (χ0n) is 14.1. The molecule has 124 valence electrons. The molecule has 0 heterocycles. The van der Waals surface area contributed by atoms with Gasteiger partial charge < -0.3 is 20.9 Å². The minimum absolute atomic E-state index is 0.0844. The lowest BCUT2D eigenvalue weighted by Crippen LogP contribution is -2.63. The van der Waals surface area contributed by atoms with E-state index in [9.17, 15) is 9.59 Å². The van der Waals surface area contributed by atoms with Crippen LogP contribution in [0.15, 0.2) is 0 Å². The number of hydrogen-bond donors (Lipinski definition) is 2. The van der Waals surface area contributed by atoms with Gasteiger partial charge in [-0.2, -0.15) is 9.59 Å². The summed E-state index contributed by atoms with van der Waals surface area (Å²) in [6.45, 7) is 10.9. The predicted molar refractivity (Wildman–Crippen MR) is 80.6 cm³/mol. The lowest BCUT2D eigenvalue weighted by Gasteiger charge is -2.34. The van der Waals surface area contributed by atoms with Gasteiger partial charge in [-0.25, -0.2) is 0 Å². The van der Waals surface area contributed by atoms with Gasteiger partial charge in [-0.05, 0) is 41.5 Å². The molecule has 7 nitrogen and oxygen atoms in total. The quantitative estimate of drug-likeness (QED) is 0.764.